The number of rotatable bonds is 12. The Morgan fingerprint density at radius 3 is 2.31 bits per heavy atom. The van der Waals surface area contributed by atoms with Gasteiger partial charge in [-0.3, -0.25) is 9.59 Å². The second-order valence-electron chi connectivity index (χ2n) is 17.1. The number of benzene rings is 3. The zero-order valence-corrected chi connectivity index (χ0v) is 35.0. The van der Waals surface area contributed by atoms with Crippen LogP contribution < -0.4 is 10.1 Å². The van der Waals surface area contributed by atoms with E-state index in [9.17, 15) is 14.4 Å². The van der Waals surface area contributed by atoms with Gasteiger partial charge in [0.05, 0.1) is 55.3 Å². The van der Waals surface area contributed by atoms with Crippen molar-refractivity contribution in [1.29, 1.82) is 0 Å². The van der Waals surface area contributed by atoms with Gasteiger partial charge in [0.2, 0.25) is 11.8 Å². The van der Waals surface area contributed by atoms with Crippen LogP contribution in [0, 0.1) is 23.7 Å². The summed E-state index contributed by atoms with van der Waals surface area (Å²) >= 11 is 0. The highest BCUT2D eigenvalue weighted by Gasteiger charge is 2.42. The van der Waals surface area contributed by atoms with Gasteiger partial charge in [0.15, 0.2) is 0 Å². The summed E-state index contributed by atoms with van der Waals surface area (Å²) in [7, 11) is 4.67. The lowest BCUT2D eigenvalue weighted by molar-refractivity contribution is -0.136. The molecule has 0 radical (unpaired) electrons. The summed E-state index contributed by atoms with van der Waals surface area (Å²) in [4.78, 5) is 60.3. The van der Waals surface area contributed by atoms with Gasteiger partial charge in [0.1, 0.15) is 30.0 Å². The third-order valence-electron chi connectivity index (χ3n) is 12.1. The number of methoxy groups -OCH3 is 3. The summed E-state index contributed by atoms with van der Waals surface area (Å²) in [6, 6.07) is 13.6. The number of hydrogen-bond donors (Lipinski definition) is 3. The maximum Gasteiger partial charge on any atom is 0.407 e. The second-order valence-corrected chi connectivity index (χ2v) is 17.1. The standard InChI is InChI=1S/C45H55N7O7/c1-24(2)12-39(53)51-19-26(21-56-5)13-36(51)42-46-18-35(48-42)29-8-10-31-30(15-29)23-59-38-17-32-28(16-33(31)38)9-11-34-41(32)49-43(47-34)37-14-27(22-57-6)20-52(37)44(54)40(25(3)4)50-45(55)58-7/h8-11,15-18,24-27,36-37,40H,12-14,19-23H2,1-7H3,(H,46,48)(H,47,49)(H,50,55)/t26-,27-,36-,37-,40-/m0/s1. The van der Waals surface area contributed by atoms with Gasteiger partial charge in [-0.15, -0.1) is 0 Å². The molecule has 14 heteroatoms. The quantitative estimate of drug-likeness (QED) is 0.119. The predicted octanol–water partition coefficient (Wildman–Crippen LogP) is 7.16. The number of amides is 3. The number of aromatic amines is 2. The first kappa shape index (κ1) is 40.3. The highest BCUT2D eigenvalue weighted by Crippen LogP contribution is 2.44. The van der Waals surface area contributed by atoms with Crippen molar-refractivity contribution in [2.24, 2.45) is 23.7 Å². The maximum atomic E-state index is 14.0. The summed E-state index contributed by atoms with van der Waals surface area (Å²) in [6.45, 7) is 10.6. The molecule has 3 N–H and O–H groups in total. The van der Waals surface area contributed by atoms with Crippen molar-refractivity contribution >= 4 is 39.7 Å². The molecule has 59 heavy (non-hydrogen) atoms. The van der Waals surface area contributed by atoms with Crippen molar-refractivity contribution in [3.05, 3.63) is 65.9 Å². The van der Waals surface area contributed by atoms with E-state index in [-0.39, 0.29) is 47.6 Å². The number of nitrogens with zero attached hydrogens (tertiary/aromatic N) is 4. The molecule has 14 nitrogen and oxygen atoms in total. The molecule has 0 bridgehead atoms. The predicted molar refractivity (Wildman–Crippen MR) is 223 cm³/mol. The minimum atomic E-state index is -0.750. The molecule has 2 fully saturated rings. The number of alkyl carbamates (subject to hydrolysis) is 1. The molecule has 0 aliphatic carbocycles. The number of H-pyrrole nitrogens is 2. The van der Waals surface area contributed by atoms with E-state index in [4.69, 9.17) is 28.9 Å². The van der Waals surface area contributed by atoms with Crippen LogP contribution in [0.3, 0.4) is 0 Å². The molecule has 3 aliphatic rings. The third kappa shape index (κ3) is 7.87. The molecule has 0 unspecified atom stereocenters. The topological polar surface area (TPSA) is 164 Å². The Kier molecular flexibility index (Phi) is 11.4. The summed E-state index contributed by atoms with van der Waals surface area (Å²) in [6.07, 6.45) is 3.20. The third-order valence-corrected chi connectivity index (χ3v) is 12.1. The molecule has 0 spiro atoms. The average molecular weight is 806 g/mol. The Balaban J connectivity index is 1.06. The Morgan fingerprint density at radius 1 is 0.881 bits per heavy atom. The molecule has 5 aromatic rings. The molecule has 5 heterocycles. The molecule has 8 rings (SSSR count). The molecule has 5 atom stereocenters. The first-order valence-corrected chi connectivity index (χ1v) is 20.7. The zero-order chi connectivity index (χ0) is 41.5. The fraction of sp³-hybridized carbons (Fsp3) is 0.489. The van der Waals surface area contributed by atoms with E-state index in [0.29, 0.717) is 51.6 Å². The van der Waals surface area contributed by atoms with Crippen molar-refractivity contribution in [3.63, 3.8) is 0 Å². The number of hydrogen-bond acceptors (Lipinski definition) is 9. The molecule has 2 saturated heterocycles. The Labute approximate surface area is 344 Å². The van der Waals surface area contributed by atoms with Crippen molar-refractivity contribution < 1.29 is 33.3 Å². The number of fused-ring (bicyclic) bond motifs is 6. The van der Waals surface area contributed by atoms with E-state index in [2.05, 4.69) is 65.5 Å². The molecule has 312 valence electrons. The van der Waals surface area contributed by atoms with Gasteiger partial charge in [0, 0.05) is 56.5 Å². The van der Waals surface area contributed by atoms with Crippen LogP contribution in [0.4, 0.5) is 4.79 Å². The van der Waals surface area contributed by atoms with Gasteiger partial charge in [-0.05, 0) is 71.0 Å². The molecule has 2 aromatic heterocycles. The van der Waals surface area contributed by atoms with E-state index in [1.54, 1.807) is 14.2 Å². The smallest absolute Gasteiger partial charge is 0.407 e. The lowest BCUT2D eigenvalue weighted by Gasteiger charge is -2.30. The summed E-state index contributed by atoms with van der Waals surface area (Å²) in [5, 5.41) is 4.71. The number of likely N-dealkylation sites (tertiary alicyclic amines) is 2. The largest absolute Gasteiger partial charge is 0.488 e. The van der Waals surface area contributed by atoms with Crippen LogP contribution >= 0.6 is 0 Å². The van der Waals surface area contributed by atoms with E-state index >= 15 is 0 Å². The Bertz CT molecular complexity index is 2370. The van der Waals surface area contributed by atoms with Gasteiger partial charge in [-0.1, -0.05) is 45.9 Å². The van der Waals surface area contributed by atoms with E-state index in [1.807, 2.05) is 35.9 Å². The van der Waals surface area contributed by atoms with Crippen LogP contribution in [0.2, 0.25) is 0 Å². The first-order valence-electron chi connectivity index (χ1n) is 20.7. The van der Waals surface area contributed by atoms with Gasteiger partial charge in [-0.2, -0.15) is 0 Å². The molecule has 0 saturated carbocycles. The van der Waals surface area contributed by atoms with Gasteiger partial charge < -0.3 is 44.0 Å². The molecular weight excluding hydrogens is 751 g/mol. The number of ether oxygens (including phenoxy) is 4. The molecule has 3 amide bonds. The van der Waals surface area contributed by atoms with E-state index < -0.39 is 12.1 Å². The van der Waals surface area contributed by atoms with Gasteiger partial charge in [0.25, 0.3) is 0 Å². The monoisotopic (exact) mass is 805 g/mol. The number of aromatic nitrogens is 4. The number of carbonyl (C=O) groups is 3. The van der Waals surface area contributed by atoms with Gasteiger partial charge in [-0.25, -0.2) is 14.8 Å². The SMILES string of the molecule is COC[C@H]1C[C@@H](c2ncc(-c3ccc4c(c3)COc3cc5c(ccc6[nH]c([C@@H]7C[C@H](COC)CN7C(=O)[C@@H](NC(=O)OC)C(C)C)nc65)cc3-4)[nH]2)N(C(=O)CC(C)C)C1. The van der Waals surface area contributed by atoms with Gasteiger partial charge >= 0.3 is 6.09 Å². The highest BCUT2D eigenvalue weighted by molar-refractivity contribution is 6.07. The lowest BCUT2D eigenvalue weighted by atomic mass is 9.92. The van der Waals surface area contributed by atoms with Crippen molar-refractivity contribution in [1.82, 2.24) is 35.1 Å². The molecule has 3 aliphatic heterocycles. The van der Waals surface area contributed by atoms with Crippen LogP contribution in [-0.4, -0.2) is 101 Å². The van der Waals surface area contributed by atoms with Crippen molar-refractivity contribution in [2.75, 3.05) is 47.6 Å². The summed E-state index contributed by atoms with van der Waals surface area (Å²) in [5.74, 6) is 2.74. The van der Waals surface area contributed by atoms with Crippen LogP contribution in [0.15, 0.2) is 48.7 Å². The Morgan fingerprint density at radius 2 is 1.61 bits per heavy atom. The number of carbonyl (C=O) groups excluding carboxylic acids is 3. The number of imidazole rings is 2. The van der Waals surface area contributed by atoms with Crippen LogP contribution in [-0.2, 0) is 30.4 Å². The minimum Gasteiger partial charge on any atom is -0.488 e. The van der Waals surface area contributed by atoms with Crippen molar-refractivity contribution in [2.45, 2.75) is 71.7 Å². The second kappa shape index (κ2) is 16.6. The van der Waals surface area contributed by atoms with Crippen LogP contribution in [0.5, 0.6) is 5.75 Å². The molecular formula is C45H55N7O7. The lowest BCUT2D eigenvalue weighted by Crippen LogP contribution is -2.51. The summed E-state index contributed by atoms with van der Waals surface area (Å²) in [5.41, 5.74) is 6.74. The van der Waals surface area contributed by atoms with Crippen LogP contribution in [0.1, 0.15) is 76.3 Å². The minimum absolute atomic E-state index is 0.109. The van der Waals surface area contributed by atoms with Crippen molar-refractivity contribution in [3.8, 4) is 28.1 Å². The van der Waals surface area contributed by atoms with E-state index in [1.165, 1.54) is 7.11 Å². The summed E-state index contributed by atoms with van der Waals surface area (Å²) < 4.78 is 22.3. The number of nitrogens with one attached hydrogen (secondary N) is 3. The Hall–Kier alpha value is -5.47. The zero-order valence-electron chi connectivity index (χ0n) is 35.0. The highest BCUT2D eigenvalue weighted by atomic mass is 16.5. The van der Waals surface area contributed by atoms with Crippen LogP contribution in [0.25, 0.3) is 44.2 Å². The fourth-order valence-electron chi connectivity index (χ4n) is 9.22. The average Bonchev–Trinajstić information content (AvgIpc) is 4.04. The normalized spacial score (nSPS) is 20.6. The molecule has 3 aromatic carbocycles. The van der Waals surface area contributed by atoms with E-state index in [0.717, 1.165) is 67.7 Å². The fourth-order valence-corrected chi connectivity index (χ4v) is 9.22. The first-order chi connectivity index (χ1) is 28.5. The maximum absolute atomic E-state index is 14.0.